The molecule has 0 atom stereocenters. The second kappa shape index (κ2) is 5.32. The van der Waals surface area contributed by atoms with Gasteiger partial charge in [0.05, 0.1) is 0 Å². The van der Waals surface area contributed by atoms with Crippen molar-refractivity contribution in [1.29, 1.82) is 0 Å². The van der Waals surface area contributed by atoms with Gasteiger partial charge in [0, 0.05) is 17.5 Å². The molecule has 0 amide bonds. The van der Waals surface area contributed by atoms with E-state index in [9.17, 15) is 4.79 Å². The summed E-state index contributed by atoms with van der Waals surface area (Å²) in [4.78, 5) is 14.7. The standard InChI is InChI=1S/C12H15NO/c1-3-4-5-6-12-7-11(9-14)8-13-10(12)2/h5-9H,3-4H2,1-2H3/b6-5-. The number of nitrogens with zero attached hydrogens (tertiary/aromatic N) is 1. The van der Waals surface area contributed by atoms with E-state index >= 15 is 0 Å². The van der Waals surface area contributed by atoms with E-state index < -0.39 is 0 Å². The summed E-state index contributed by atoms with van der Waals surface area (Å²) >= 11 is 0. The molecule has 0 radical (unpaired) electrons. The largest absolute Gasteiger partial charge is 0.298 e. The maximum Gasteiger partial charge on any atom is 0.151 e. The first-order valence-electron chi connectivity index (χ1n) is 4.86. The van der Waals surface area contributed by atoms with E-state index in [0.717, 1.165) is 30.4 Å². The van der Waals surface area contributed by atoms with Crippen LogP contribution in [-0.2, 0) is 0 Å². The van der Waals surface area contributed by atoms with Gasteiger partial charge in [-0.25, -0.2) is 0 Å². The third-order valence-corrected chi connectivity index (χ3v) is 2.04. The number of hydrogen-bond acceptors (Lipinski definition) is 2. The van der Waals surface area contributed by atoms with Gasteiger partial charge in [-0.1, -0.05) is 25.5 Å². The SMILES string of the molecule is CCC/C=C\c1cc(C=O)cnc1C. The Bertz CT molecular complexity index is 342. The van der Waals surface area contributed by atoms with Crippen molar-refractivity contribution in [3.63, 3.8) is 0 Å². The highest BCUT2D eigenvalue weighted by Crippen LogP contribution is 2.09. The molecule has 0 aromatic carbocycles. The lowest BCUT2D eigenvalue weighted by Gasteiger charge is -1.99. The van der Waals surface area contributed by atoms with Crippen molar-refractivity contribution in [3.05, 3.63) is 35.2 Å². The molecule has 0 N–H and O–H groups in total. The minimum atomic E-state index is 0.631. The van der Waals surface area contributed by atoms with Gasteiger partial charge >= 0.3 is 0 Å². The molecule has 1 aromatic rings. The number of aryl methyl sites for hydroxylation is 1. The third-order valence-electron chi connectivity index (χ3n) is 2.04. The second-order valence-corrected chi connectivity index (χ2v) is 3.25. The molecule has 2 heteroatoms. The second-order valence-electron chi connectivity index (χ2n) is 3.25. The lowest BCUT2D eigenvalue weighted by atomic mass is 10.1. The van der Waals surface area contributed by atoms with Gasteiger partial charge < -0.3 is 0 Å². The van der Waals surface area contributed by atoms with Crippen LogP contribution in [0.3, 0.4) is 0 Å². The average molecular weight is 189 g/mol. The van der Waals surface area contributed by atoms with E-state index in [-0.39, 0.29) is 0 Å². The van der Waals surface area contributed by atoms with Crippen LogP contribution in [0.2, 0.25) is 0 Å². The van der Waals surface area contributed by atoms with E-state index in [1.165, 1.54) is 0 Å². The Morgan fingerprint density at radius 3 is 2.93 bits per heavy atom. The molecule has 0 aliphatic heterocycles. The Balaban J connectivity index is 2.89. The van der Waals surface area contributed by atoms with Crippen LogP contribution in [0.1, 0.15) is 41.4 Å². The Labute approximate surface area is 84.7 Å². The van der Waals surface area contributed by atoms with Gasteiger partial charge in [-0.3, -0.25) is 9.78 Å². The van der Waals surface area contributed by atoms with Crippen molar-refractivity contribution in [2.24, 2.45) is 0 Å². The predicted octanol–water partition coefficient (Wildman–Crippen LogP) is 3.02. The Kier molecular flexibility index (Phi) is 4.05. The minimum Gasteiger partial charge on any atom is -0.298 e. The minimum absolute atomic E-state index is 0.631. The van der Waals surface area contributed by atoms with Crippen molar-refractivity contribution in [1.82, 2.24) is 4.98 Å². The van der Waals surface area contributed by atoms with Gasteiger partial charge in [0.15, 0.2) is 6.29 Å². The normalized spacial score (nSPS) is 10.7. The fourth-order valence-electron chi connectivity index (χ4n) is 1.18. The fraction of sp³-hybridized carbons (Fsp3) is 0.333. The molecular weight excluding hydrogens is 174 g/mol. The Morgan fingerprint density at radius 2 is 2.29 bits per heavy atom. The van der Waals surface area contributed by atoms with Crippen LogP contribution in [0.25, 0.3) is 6.08 Å². The zero-order valence-electron chi connectivity index (χ0n) is 8.66. The van der Waals surface area contributed by atoms with Crippen LogP contribution in [0, 0.1) is 6.92 Å². The topological polar surface area (TPSA) is 30.0 Å². The first-order valence-corrected chi connectivity index (χ1v) is 4.86. The van der Waals surface area contributed by atoms with Crippen LogP contribution in [0.4, 0.5) is 0 Å². The number of carbonyl (C=O) groups is 1. The number of rotatable bonds is 4. The number of carbonyl (C=O) groups excluding carboxylic acids is 1. The monoisotopic (exact) mass is 189 g/mol. The van der Waals surface area contributed by atoms with Gasteiger partial charge in [-0.15, -0.1) is 0 Å². The molecule has 0 aliphatic rings. The zero-order chi connectivity index (χ0) is 10.4. The molecular formula is C12H15NO. The van der Waals surface area contributed by atoms with E-state index in [1.807, 2.05) is 19.1 Å². The molecule has 1 rings (SSSR count). The summed E-state index contributed by atoms with van der Waals surface area (Å²) in [5.74, 6) is 0. The summed E-state index contributed by atoms with van der Waals surface area (Å²) in [6, 6.07) is 1.86. The summed E-state index contributed by atoms with van der Waals surface area (Å²) in [5.41, 5.74) is 2.62. The van der Waals surface area contributed by atoms with Crippen molar-refractivity contribution >= 4 is 12.4 Å². The van der Waals surface area contributed by atoms with Crippen molar-refractivity contribution in [2.75, 3.05) is 0 Å². The number of aromatic nitrogens is 1. The average Bonchev–Trinajstić information content (AvgIpc) is 2.21. The van der Waals surface area contributed by atoms with E-state index in [0.29, 0.717) is 5.56 Å². The Morgan fingerprint density at radius 1 is 1.50 bits per heavy atom. The number of allylic oxidation sites excluding steroid dienone is 1. The van der Waals surface area contributed by atoms with Gasteiger partial charge in [-0.05, 0) is 25.0 Å². The quantitative estimate of drug-likeness (QED) is 0.681. The smallest absolute Gasteiger partial charge is 0.151 e. The number of unbranched alkanes of at least 4 members (excludes halogenated alkanes) is 1. The molecule has 14 heavy (non-hydrogen) atoms. The lowest BCUT2D eigenvalue weighted by Crippen LogP contribution is -1.89. The van der Waals surface area contributed by atoms with Gasteiger partial charge in [-0.2, -0.15) is 0 Å². The molecule has 0 unspecified atom stereocenters. The number of aldehydes is 1. The summed E-state index contributed by atoms with van der Waals surface area (Å²) in [6.07, 6.45) is 8.75. The van der Waals surface area contributed by atoms with Gasteiger partial charge in [0.1, 0.15) is 0 Å². The predicted molar refractivity (Wildman–Crippen MR) is 58.3 cm³/mol. The molecule has 0 saturated heterocycles. The summed E-state index contributed by atoms with van der Waals surface area (Å²) in [5, 5.41) is 0. The fourth-order valence-corrected chi connectivity index (χ4v) is 1.18. The van der Waals surface area contributed by atoms with Crippen LogP contribution in [0.15, 0.2) is 18.3 Å². The molecule has 1 heterocycles. The third kappa shape index (κ3) is 2.80. The first-order chi connectivity index (χ1) is 6.77. The highest BCUT2D eigenvalue weighted by atomic mass is 16.1. The molecule has 0 fully saturated rings. The van der Waals surface area contributed by atoms with E-state index in [1.54, 1.807) is 6.20 Å². The Hall–Kier alpha value is -1.44. The number of pyridine rings is 1. The molecule has 0 bridgehead atoms. The summed E-state index contributed by atoms with van der Waals surface area (Å²) < 4.78 is 0. The number of hydrogen-bond donors (Lipinski definition) is 0. The summed E-state index contributed by atoms with van der Waals surface area (Å²) in [7, 11) is 0. The zero-order valence-corrected chi connectivity index (χ0v) is 8.66. The molecule has 0 aliphatic carbocycles. The van der Waals surface area contributed by atoms with Crippen LogP contribution in [-0.4, -0.2) is 11.3 Å². The van der Waals surface area contributed by atoms with Crippen LogP contribution in [0.5, 0.6) is 0 Å². The van der Waals surface area contributed by atoms with Crippen molar-refractivity contribution in [2.45, 2.75) is 26.7 Å². The molecule has 0 spiro atoms. The van der Waals surface area contributed by atoms with Gasteiger partial charge in [0.2, 0.25) is 0 Å². The van der Waals surface area contributed by atoms with Crippen molar-refractivity contribution in [3.8, 4) is 0 Å². The van der Waals surface area contributed by atoms with Crippen molar-refractivity contribution < 1.29 is 4.79 Å². The van der Waals surface area contributed by atoms with E-state index in [2.05, 4.69) is 18.0 Å². The maximum absolute atomic E-state index is 10.5. The first kappa shape index (κ1) is 10.6. The molecule has 1 aromatic heterocycles. The van der Waals surface area contributed by atoms with E-state index in [4.69, 9.17) is 0 Å². The highest BCUT2D eigenvalue weighted by Gasteiger charge is 1.97. The van der Waals surface area contributed by atoms with Crippen LogP contribution >= 0.6 is 0 Å². The lowest BCUT2D eigenvalue weighted by molar-refractivity contribution is 0.112. The summed E-state index contributed by atoms with van der Waals surface area (Å²) in [6.45, 7) is 4.08. The maximum atomic E-state index is 10.5. The molecule has 0 saturated carbocycles. The van der Waals surface area contributed by atoms with Crippen LogP contribution < -0.4 is 0 Å². The molecule has 74 valence electrons. The van der Waals surface area contributed by atoms with Gasteiger partial charge in [0.25, 0.3) is 0 Å². The highest BCUT2D eigenvalue weighted by molar-refractivity contribution is 5.75. The molecule has 2 nitrogen and oxygen atoms in total.